The van der Waals surface area contributed by atoms with Crippen molar-refractivity contribution in [2.45, 2.75) is 13.1 Å². The summed E-state index contributed by atoms with van der Waals surface area (Å²) < 4.78 is 2.75. The number of carbonyl (C=O) groups excluding carboxylic acids is 1. The summed E-state index contributed by atoms with van der Waals surface area (Å²) in [6.45, 7) is 0.147. The van der Waals surface area contributed by atoms with Crippen LogP contribution in [0.4, 0.5) is 23.0 Å². The summed E-state index contributed by atoms with van der Waals surface area (Å²) in [4.78, 5) is 16.4. The van der Waals surface area contributed by atoms with Crippen LogP contribution in [0, 0.1) is 0 Å². The summed E-state index contributed by atoms with van der Waals surface area (Å²) in [6.07, 6.45) is 5.18. The van der Waals surface area contributed by atoms with E-state index in [1.165, 1.54) is 27.8 Å². The first kappa shape index (κ1) is 19.1. The van der Waals surface area contributed by atoms with Crippen LogP contribution in [-0.4, -0.2) is 59.6 Å². The van der Waals surface area contributed by atoms with Crippen molar-refractivity contribution in [3.05, 3.63) is 36.0 Å². The summed E-state index contributed by atoms with van der Waals surface area (Å²) in [5.41, 5.74) is 12.7. The fourth-order valence-corrected chi connectivity index (χ4v) is 2.53. The van der Waals surface area contributed by atoms with Gasteiger partial charge < -0.3 is 32.1 Å². The van der Waals surface area contributed by atoms with E-state index in [2.05, 4.69) is 20.5 Å². The van der Waals surface area contributed by atoms with Gasteiger partial charge in [0.05, 0.1) is 44.4 Å². The average molecular weight is 388 g/mol. The first-order valence-corrected chi connectivity index (χ1v) is 8.31. The summed E-state index contributed by atoms with van der Waals surface area (Å²) in [7, 11) is 0. The molecule has 0 bridgehead atoms. The van der Waals surface area contributed by atoms with Gasteiger partial charge in [-0.25, -0.2) is 14.4 Å². The number of allylic oxidation sites excluding steroid dienone is 2. The highest BCUT2D eigenvalue weighted by atomic mass is 16.3. The number of hydrogen-bond acceptors (Lipinski definition) is 10. The van der Waals surface area contributed by atoms with Gasteiger partial charge in [0.15, 0.2) is 0 Å². The lowest BCUT2D eigenvalue weighted by Gasteiger charge is -2.13. The smallest absolute Gasteiger partial charge is 0.205 e. The molecule has 0 aromatic carbocycles. The standard InChI is InChI=1S/C16H20N8O4/c17-15-11(7-19-23(15)1-3-25)21-9-5-10(14(28)6-13(9)27)22-12-8-20-24(2-4-26)16(12)18/h5-8,21,25-26,28H,1-4,17-18H2/b22-10+. The highest BCUT2D eigenvalue weighted by Gasteiger charge is 2.21. The summed E-state index contributed by atoms with van der Waals surface area (Å²) in [5, 5.41) is 38.9. The van der Waals surface area contributed by atoms with Gasteiger partial charge in [0, 0.05) is 6.08 Å². The third kappa shape index (κ3) is 3.72. The van der Waals surface area contributed by atoms with Crippen molar-refractivity contribution in [2.24, 2.45) is 4.99 Å². The lowest BCUT2D eigenvalue weighted by molar-refractivity contribution is -0.111. The van der Waals surface area contributed by atoms with Gasteiger partial charge in [-0.05, 0) is 6.08 Å². The molecule has 0 amide bonds. The SMILES string of the molecule is Nc1c(/N=C2\C=C(Nc3cnn(CCO)c3N)C(=O)C=C2O)cnn1CCO. The molecule has 0 saturated carbocycles. The molecule has 148 valence electrons. The van der Waals surface area contributed by atoms with E-state index in [1.54, 1.807) is 0 Å². The highest BCUT2D eigenvalue weighted by molar-refractivity contribution is 6.22. The average Bonchev–Trinajstić information content (AvgIpc) is 3.17. The summed E-state index contributed by atoms with van der Waals surface area (Å²) in [6, 6.07) is 0. The van der Waals surface area contributed by atoms with Crippen molar-refractivity contribution in [1.82, 2.24) is 19.6 Å². The molecule has 12 nitrogen and oxygen atoms in total. The van der Waals surface area contributed by atoms with Gasteiger partial charge in [-0.2, -0.15) is 10.2 Å². The Labute approximate surface area is 159 Å². The molecule has 0 spiro atoms. The molecule has 1 aliphatic rings. The number of hydrogen-bond donors (Lipinski definition) is 6. The van der Waals surface area contributed by atoms with Crippen LogP contribution in [0.15, 0.2) is 41.0 Å². The van der Waals surface area contributed by atoms with E-state index in [0.29, 0.717) is 5.69 Å². The van der Waals surface area contributed by atoms with Crippen LogP contribution in [0.2, 0.25) is 0 Å². The zero-order chi connectivity index (χ0) is 20.3. The Bertz CT molecular complexity index is 985. The van der Waals surface area contributed by atoms with Crippen LogP contribution in [0.3, 0.4) is 0 Å². The van der Waals surface area contributed by atoms with Crippen LogP contribution < -0.4 is 16.8 Å². The molecule has 0 aliphatic heterocycles. The third-order valence-electron chi connectivity index (χ3n) is 3.95. The maximum atomic E-state index is 12.2. The van der Waals surface area contributed by atoms with Gasteiger partial charge in [-0.1, -0.05) is 0 Å². The van der Waals surface area contributed by atoms with Crippen molar-refractivity contribution in [3.8, 4) is 0 Å². The molecule has 8 N–H and O–H groups in total. The van der Waals surface area contributed by atoms with Crippen LogP contribution in [0.1, 0.15) is 0 Å². The van der Waals surface area contributed by atoms with Crippen molar-refractivity contribution in [3.63, 3.8) is 0 Å². The largest absolute Gasteiger partial charge is 0.506 e. The van der Waals surface area contributed by atoms with Gasteiger partial charge in [0.1, 0.15) is 34.5 Å². The number of nitrogens with zero attached hydrogens (tertiary/aromatic N) is 5. The maximum Gasteiger partial charge on any atom is 0.205 e. The van der Waals surface area contributed by atoms with E-state index >= 15 is 0 Å². The number of aliphatic imine (C=N–C) groups is 1. The first-order valence-electron chi connectivity index (χ1n) is 8.31. The van der Waals surface area contributed by atoms with Crippen molar-refractivity contribution in [1.29, 1.82) is 0 Å². The highest BCUT2D eigenvalue weighted by Crippen LogP contribution is 2.25. The van der Waals surface area contributed by atoms with Gasteiger partial charge in [-0.3, -0.25) is 4.79 Å². The van der Waals surface area contributed by atoms with Crippen molar-refractivity contribution < 1.29 is 20.1 Å². The van der Waals surface area contributed by atoms with Crippen LogP contribution >= 0.6 is 0 Å². The number of rotatable bonds is 7. The van der Waals surface area contributed by atoms with Crippen molar-refractivity contribution in [2.75, 3.05) is 30.0 Å². The van der Waals surface area contributed by atoms with E-state index in [4.69, 9.17) is 21.7 Å². The molecular weight excluding hydrogens is 368 g/mol. The number of nitrogen functional groups attached to an aromatic ring is 2. The molecule has 0 unspecified atom stereocenters. The Kier molecular flexibility index (Phi) is 5.42. The molecule has 3 rings (SSSR count). The molecule has 0 radical (unpaired) electrons. The Balaban J connectivity index is 1.89. The number of carbonyl (C=O) groups is 1. The second-order valence-electron chi connectivity index (χ2n) is 5.83. The van der Waals surface area contributed by atoms with E-state index in [9.17, 15) is 9.90 Å². The Hall–Kier alpha value is -3.64. The molecule has 0 fully saturated rings. The van der Waals surface area contributed by atoms with Gasteiger partial charge in [0.25, 0.3) is 0 Å². The molecule has 2 aromatic heterocycles. The van der Waals surface area contributed by atoms with Crippen LogP contribution in [-0.2, 0) is 17.9 Å². The monoisotopic (exact) mass is 388 g/mol. The molecule has 1 aliphatic carbocycles. The Morgan fingerprint density at radius 2 is 1.68 bits per heavy atom. The van der Waals surface area contributed by atoms with E-state index in [-0.39, 0.29) is 60.8 Å². The molecule has 2 heterocycles. The van der Waals surface area contributed by atoms with E-state index in [1.807, 2.05) is 0 Å². The predicted molar refractivity (Wildman–Crippen MR) is 102 cm³/mol. The number of aliphatic hydroxyl groups is 3. The predicted octanol–water partition coefficient (Wildman–Crippen LogP) is -0.678. The maximum absolute atomic E-state index is 12.2. The number of ketones is 1. The summed E-state index contributed by atoms with van der Waals surface area (Å²) in [5.74, 6) is -0.346. The second-order valence-corrected chi connectivity index (χ2v) is 5.83. The minimum atomic E-state index is -0.477. The lowest BCUT2D eigenvalue weighted by Crippen LogP contribution is -2.19. The lowest BCUT2D eigenvalue weighted by atomic mass is 10.1. The molecule has 0 atom stereocenters. The van der Waals surface area contributed by atoms with E-state index < -0.39 is 5.78 Å². The fourth-order valence-electron chi connectivity index (χ4n) is 2.53. The first-order chi connectivity index (χ1) is 13.4. The van der Waals surface area contributed by atoms with Gasteiger partial charge in [0.2, 0.25) is 5.78 Å². The molecular formula is C16H20N8O4. The second kappa shape index (κ2) is 7.94. The minimum absolute atomic E-state index is 0.0960. The van der Waals surface area contributed by atoms with Crippen molar-refractivity contribution >= 4 is 34.5 Å². The fraction of sp³-hybridized carbons (Fsp3) is 0.250. The molecule has 0 saturated heterocycles. The number of aromatic nitrogens is 4. The topological polar surface area (TPSA) is 190 Å². The zero-order valence-electron chi connectivity index (χ0n) is 14.8. The molecule has 2 aromatic rings. The van der Waals surface area contributed by atoms with Crippen LogP contribution in [0.5, 0.6) is 0 Å². The Morgan fingerprint density at radius 1 is 1.04 bits per heavy atom. The number of nitrogens with two attached hydrogens (primary N) is 2. The quantitative estimate of drug-likeness (QED) is 0.334. The van der Waals surface area contributed by atoms with Gasteiger partial charge >= 0.3 is 0 Å². The van der Waals surface area contributed by atoms with Crippen LogP contribution in [0.25, 0.3) is 0 Å². The minimum Gasteiger partial charge on any atom is -0.506 e. The normalized spacial score (nSPS) is 15.6. The molecule has 28 heavy (non-hydrogen) atoms. The Morgan fingerprint density at radius 3 is 2.36 bits per heavy atom. The summed E-state index contributed by atoms with van der Waals surface area (Å²) >= 11 is 0. The zero-order valence-corrected chi connectivity index (χ0v) is 14.8. The molecule has 12 heteroatoms. The number of nitrogens with one attached hydrogen (secondary N) is 1. The number of anilines is 3. The van der Waals surface area contributed by atoms with Gasteiger partial charge in [-0.15, -0.1) is 0 Å². The number of aliphatic hydroxyl groups excluding tert-OH is 3. The third-order valence-corrected chi connectivity index (χ3v) is 3.95. The van der Waals surface area contributed by atoms with E-state index in [0.717, 1.165) is 6.08 Å².